The smallest absolute Gasteiger partial charge is 0.417 e. The maximum absolute atomic E-state index is 13.2. The molecule has 2 aromatic carbocycles. The van der Waals surface area contributed by atoms with E-state index in [1.165, 1.54) is 13.0 Å². The maximum atomic E-state index is 13.2. The molecule has 2 unspecified atom stereocenters. The van der Waals surface area contributed by atoms with E-state index in [0.717, 1.165) is 43.9 Å². The summed E-state index contributed by atoms with van der Waals surface area (Å²) in [6.07, 6.45) is -4.30. The Hall–Kier alpha value is -3.14. The molecule has 0 spiro atoms. The van der Waals surface area contributed by atoms with E-state index in [4.69, 9.17) is 5.73 Å². The number of alkyl halides is 6. The van der Waals surface area contributed by atoms with Crippen LogP contribution in [0.4, 0.5) is 26.3 Å². The van der Waals surface area contributed by atoms with Crippen molar-refractivity contribution in [1.82, 2.24) is 0 Å². The van der Waals surface area contributed by atoms with Crippen molar-refractivity contribution in [3.05, 3.63) is 58.7 Å². The SMILES string of the molecule is CC(C(N)=O)c1ccc(S(C)(=O)=O)c(C(F)(F)F)c1.CS(=O)(=O)c1ccc(C(CC2CCCC2)C(=O)O)cc1C(F)(F)F. The molecule has 3 rings (SSSR count). The molecule has 0 aromatic heterocycles. The summed E-state index contributed by atoms with van der Waals surface area (Å²) in [5.74, 6) is -3.81. The van der Waals surface area contributed by atoms with Crippen molar-refractivity contribution in [3.63, 3.8) is 0 Å². The Morgan fingerprint density at radius 2 is 1.23 bits per heavy atom. The zero-order valence-corrected chi connectivity index (χ0v) is 24.9. The molecular weight excluding hydrogens is 628 g/mol. The number of benzene rings is 2. The third kappa shape index (κ3) is 9.68. The average Bonchev–Trinajstić information content (AvgIpc) is 3.37. The van der Waals surface area contributed by atoms with Crippen LogP contribution in [0.1, 0.15) is 73.1 Å². The zero-order valence-electron chi connectivity index (χ0n) is 23.3. The van der Waals surface area contributed by atoms with Crippen LogP contribution in [0.15, 0.2) is 46.2 Å². The summed E-state index contributed by atoms with van der Waals surface area (Å²) in [7, 11) is -8.08. The van der Waals surface area contributed by atoms with Gasteiger partial charge in [0, 0.05) is 12.5 Å². The van der Waals surface area contributed by atoms with Crippen LogP contribution < -0.4 is 5.73 Å². The van der Waals surface area contributed by atoms with Crippen molar-refractivity contribution >= 4 is 31.6 Å². The number of carbonyl (C=O) groups excluding carboxylic acids is 1. The van der Waals surface area contributed by atoms with Crippen LogP contribution in [0, 0.1) is 5.92 Å². The molecule has 1 aliphatic carbocycles. The van der Waals surface area contributed by atoms with Gasteiger partial charge in [-0.1, -0.05) is 37.8 Å². The Morgan fingerprint density at radius 3 is 1.58 bits per heavy atom. The molecular formula is C27H31F6NO7S2. The number of hydrogen-bond donors (Lipinski definition) is 2. The van der Waals surface area contributed by atoms with Gasteiger partial charge in [-0.15, -0.1) is 0 Å². The number of sulfone groups is 2. The summed E-state index contributed by atoms with van der Waals surface area (Å²) in [5, 5.41) is 9.41. The first kappa shape index (κ1) is 36.1. The van der Waals surface area contributed by atoms with Crippen LogP contribution in [-0.4, -0.2) is 46.3 Å². The van der Waals surface area contributed by atoms with Crippen LogP contribution >= 0.6 is 0 Å². The van der Waals surface area contributed by atoms with E-state index in [9.17, 15) is 57.9 Å². The van der Waals surface area contributed by atoms with Gasteiger partial charge < -0.3 is 10.8 Å². The van der Waals surface area contributed by atoms with Gasteiger partial charge in [0.15, 0.2) is 19.7 Å². The minimum atomic E-state index is -4.87. The number of carbonyl (C=O) groups is 2. The largest absolute Gasteiger partial charge is 0.481 e. The van der Waals surface area contributed by atoms with Gasteiger partial charge in [-0.2, -0.15) is 26.3 Å². The monoisotopic (exact) mass is 659 g/mol. The van der Waals surface area contributed by atoms with E-state index in [1.807, 2.05) is 0 Å². The van der Waals surface area contributed by atoms with Gasteiger partial charge in [0.25, 0.3) is 0 Å². The molecule has 1 saturated carbocycles. The molecule has 0 radical (unpaired) electrons. The first-order valence-electron chi connectivity index (χ1n) is 12.8. The maximum Gasteiger partial charge on any atom is 0.417 e. The second kappa shape index (κ2) is 13.2. The first-order valence-corrected chi connectivity index (χ1v) is 16.6. The van der Waals surface area contributed by atoms with Crippen molar-refractivity contribution in [3.8, 4) is 0 Å². The third-order valence-corrected chi connectivity index (χ3v) is 9.40. The Kier molecular flexibility index (Phi) is 11.1. The predicted octanol–water partition coefficient (Wildman–Crippen LogP) is 5.56. The van der Waals surface area contributed by atoms with Crippen molar-refractivity contribution in [2.24, 2.45) is 11.7 Å². The van der Waals surface area contributed by atoms with Crippen LogP contribution in [-0.2, 0) is 41.6 Å². The summed E-state index contributed by atoms with van der Waals surface area (Å²) in [6, 6.07) is 5.35. The van der Waals surface area contributed by atoms with E-state index in [2.05, 4.69) is 0 Å². The van der Waals surface area contributed by atoms with Crippen LogP contribution in [0.2, 0.25) is 0 Å². The second-order valence-corrected chi connectivity index (χ2v) is 14.4. The second-order valence-electron chi connectivity index (χ2n) is 10.5. The van der Waals surface area contributed by atoms with Gasteiger partial charge in [-0.25, -0.2) is 16.8 Å². The van der Waals surface area contributed by atoms with E-state index in [1.54, 1.807) is 0 Å². The van der Waals surface area contributed by atoms with Gasteiger partial charge in [0.2, 0.25) is 5.91 Å². The molecule has 240 valence electrons. The molecule has 1 aliphatic rings. The van der Waals surface area contributed by atoms with Gasteiger partial charge in [-0.05, 0) is 54.7 Å². The average molecular weight is 660 g/mol. The zero-order chi connectivity index (χ0) is 33.1. The Bertz CT molecular complexity index is 1560. The summed E-state index contributed by atoms with van der Waals surface area (Å²) in [4.78, 5) is 20.8. The minimum absolute atomic E-state index is 0.00544. The van der Waals surface area contributed by atoms with Gasteiger partial charge in [0.1, 0.15) is 0 Å². The molecule has 43 heavy (non-hydrogen) atoms. The fourth-order valence-corrected chi connectivity index (χ4v) is 6.57. The van der Waals surface area contributed by atoms with Gasteiger partial charge in [-0.3, -0.25) is 9.59 Å². The number of carboxylic acids is 1. The lowest BCUT2D eigenvalue weighted by atomic mass is 9.87. The quantitative estimate of drug-likeness (QED) is 0.353. The molecule has 3 N–H and O–H groups in total. The first-order chi connectivity index (χ1) is 19.4. The number of hydrogen-bond acceptors (Lipinski definition) is 6. The summed E-state index contributed by atoms with van der Waals surface area (Å²) >= 11 is 0. The highest BCUT2D eigenvalue weighted by Gasteiger charge is 2.38. The molecule has 0 saturated heterocycles. The van der Waals surface area contributed by atoms with E-state index in [0.29, 0.717) is 24.6 Å². The van der Waals surface area contributed by atoms with Gasteiger partial charge >= 0.3 is 18.3 Å². The Morgan fingerprint density at radius 1 is 0.837 bits per heavy atom. The fraction of sp³-hybridized carbons (Fsp3) is 0.481. The molecule has 0 aliphatic heterocycles. The van der Waals surface area contributed by atoms with Gasteiger partial charge in [0.05, 0.1) is 32.8 Å². The van der Waals surface area contributed by atoms with Crippen molar-refractivity contribution in [2.75, 3.05) is 12.5 Å². The molecule has 16 heteroatoms. The highest BCUT2D eigenvalue weighted by Crippen LogP contribution is 2.39. The van der Waals surface area contributed by atoms with Crippen LogP contribution in [0.25, 0.3) is 0 Å². The summed E-state index contributed by atoms with van der Waals surface area (Å²) < 4.78 is 124. The lowest BCUT2D eigenvalue weighted by molar-refractivity contribution is -0.141. The fourth-order valence-electron chi connectivity index (χ4n) is 4.79. The van der Waals surface area contributed by atoms with E-state index < -0.39 is 76.7 Å². The van der Waals surface area contributed by atoms with Crippen LogP contribution in [0.5, 0.6) is 0 Å². The number of amides is 1. The standard InChI is InChI=1S/C16H19F3O4S.C11H12F3NO3S/c1-24(22,23)14-7-6-11(9-13(14)16(17,18)19)12(15(20)21)8-10-4-2-3-5-10;1-6(10(15)16)7-3-4-9(19(2,17)18)8(5-7)11(12,13)14/h6-7,9-10,12H,2-5,8H2,1H3,(H,20,21);3-6H,1-2H3,(H2,15,16). The summed E-state index contributed by atoms with van der Waals surface area (Å²) in [6.45, 7) is 1.35. The lowest BCUT2D eigenvalue weighted by Gasteiger charge is -2.19. The summed E-state index contributed by atoms with van der Waals surface area (Å²) in [5.41, 5.74) is 2.43. The predicted molar refractivity (Wildman–Crippen MR) is 144 cm³/mol. The lowest BCUT2D eigenvalue weighted by Crippen LogP contribution is -2.20. The van der Waals surface area contributed by atoms with Crippen molar-refractivity contribution in [1.29, 1.82) is 0 Å². The molecule has 2 atom stereocenters. The molecule has 8 nitrogen and oxygen atoms in total. The van der Waals surface area contributed by atoms with Crippen molar-refractivity contribution in [2.45, 2.75) is 73.0 Å². The topological polar surface area (TPSA) is 149 Å². The number of primary amides is 1. The molecule has 1 amide bonds. The Labute approximate surface area is 245 Å². The Balaban J connectivity index is 0.000000309. The third-order valence-electron chi connectivity index (χ3n) is 7.09. The van der Waals surface area contributed by atoms with E-state index in [-0.39, 0.29) is 23.5 Å². The molecule has 0 bridgehead atoms. The van der Waals surface area contributed by atoms with Crippen molar-refractivity contribution < 1.29 is 57.9 Å². The number of nitrogens with two attached hydrogens (primary N) is 1. The number of aliphatic carboxylic acids is 1. The van der Waals surface area contributed by atoms with E-state index >= 15 is 0 Å². The normalized spacial score (nSPS) is 16.2. The highest BCUT2D eigenvalue weighted by atomic mass is 32.2. The molecule has 1 fully saturated rings. The number of rotatable bonds is 8. The molecule has 0 heterocycles. The van der Waals surface area contributed by atoms with Crippen LogP contribution in [0.3, 0.4) is 0 Å². The molecule has 2 aromatic rings. The minimum Gasteiger partial charge on any atom is -0.481 e. The number of carboxylic acid groups (broad SMARTS) is 1. The number of halogens is 6. The highest BCUT2D eigenvalue weighted by molar-refractivity contribution is 7.91.